The fourth-order valence-electron chi connectivity index (χ4n) is 1.96. The van der Waals surface area contributed by atoms with Crippen LogP contribution in [-0.2, 0) is 10.2 Å². The second-order valence-electron chi connectivity index (χ2n) is 6.06. The Morgan fingerprint density at radius 3 is 2.38 bits per heavy atom. The fourth-order valence-corrected chi connectivity index (χ4v) is 1.96. The highest BCUT2D eigenvalue weighted by Gasteiger charge is 2.14. The monoisotopic (exact) mass is 283 g/mol. The van der Waals surface area contributed by atoms with E-state index in [1.807, 2.05) is 30.5 Å². The number of nitrogens with zero attached hydrogens (tertiary/aromatic N) is 1. The number of benzene rings is 1. The largest absolute Gasteiger partial charge is 0.353 e. The van der Waals surface area contributed by atoms with Crippen molar-refractivity contribution in [2.75, 3.05) is 10.6 Å². The second kappa shape index (κ2) is 5.95. The smallest absolute Gasteiger partial charge is 0.221 e. The summed E-state index contributed by atoms with van der Waals surface area (Å²) in [4.78, 5) is 15.5. The van der Waals surface area contributed by atoms with Gasteiger partial charge < -0.3 is 10.6 Å². The van der Waals surface area contributed by atoms with Gasteiger partial charge >= 0.3 is 0 Å². The molecule has 0 radical (unpaired) electrons. The Hall–Kier alpha value is -2.36. The lowest BCUT2D eigenvalue weighted by Crippen LogP contribution is -2.12. The lowest BCUT2D eigenvalue weighted by molar-refractivity contribution is -0.114. The first-order chi connectivity index (χ1) is 9.86. The average molecular weight is 283 g/mol. The molecule has 1 aromatic heterocycles. The highest BCUT2D eigenvalue weighted by molar-refractivity contribution is 5.93. The van der Waals surface area contributed by atoms with Gasteiger partial charge in [-0.3, -0.25) is 9.78 Å². The van der Waals surface area contributed by atoms with Crippen molar-refractivity contribution in [3.63, 3.8) is 0 Å². The molecule has 0 saturated carbocycles. The van der Waals surface area contributed by atoms with Crippen molar-refractivity contribution < 1.29 is 4.79 Å². The number of amides is 1. The van der Waals surface area contributed by atoms with Crippen LogP contribution >= 0.6 is 0 Å². The SMILES string of the molecule is CC(=O)Nc1ccccc1Nc1cncc(C(C)(C)C)c1. The Morgan fingerprint density at radius 1 is 1.10 bits per heavy atom. The molecule has 2 rings (SSSR count). The molecule has 2 N–H and O–H groups in total. The molecular weight excluding hydrogens is 262 g/mol. The van der Waals surface area contributed by atoms with Crippen molar-refractivity contribution >= 4 is 23.0 Å². The lowest BCUT2D eigenvalue weighted by Gasteiger charge is -2.20. The maximum absolute atomic E-state index is 11.3. The Kier molecular flexibility index (Phi) is 4.26. The topological polar surface area (TPSA) is 54.0 Å². The average Bonchev–Trinajstić information content (AvgIpc) is 2.40. The van der Waals surface area contributed by atoms with Crippen molar-refractivity contribution in [3.8, 4) is 0 Å². The number of nitrogens with one attached hydrogen (secondary N) is 2. The minimum Gasteiger partial charge on any atom is -0.353 e. The van der Waals surface area contributed by atoms with E-state index in [1.54, 1.807) is 6.20 Å². The molecule has 0 fully saturated rings. The van der Waals surface area contributed by atoms with Gasteiger partial charge in [-0.25, -0.2) is 0 Å². The van der Waals surface area contributed by atoms with Gasteiger partial charge in [0.25, 0.3) is 0 Å². The van der Waals surface area contributed by atoms with Gasteiger partial charge in [0.1, 0.15) is 0 Å². The molecule has 1 heterocycles. The minimum absolute atomic E-state index is 0.0435. The first-order valence-electron chi connectivity index (χ1n) is 6.95. The zero-order chi connectivity index (χ0) is 15.5. The van der Waals surface area contributed by atoms with Gasteiger partial charge in [-0.05, 0) is 29.2 Å². The van der Waals surface area contributed by atoms with Gasteiger partial charge in [0.05, 0.1) is 23.3 Å². The molecule has 21 heavy (non-hydrogen) atoms. The molecule has 0 spiro atoms. The molecule has 1 aromatic carbocycles. The normalized spacial score (nSPS) is 11.0. The number of aromatic nitrogens is 1. The van der Waals surface area contributed by atoms with E-state index < -0.39 is 0 Å². The third-order valence-corrected chi connectivity index (χ3v) is 3.12. The number of carbonyl (C=O) groups is 1. The molecular formula is C17H21N3O. The zero-order valence-electron chi connectivity index (χ0n) is 12.9. The number of carbonyl (C=O) groups excluding carboxylic acids is 1. The van der Waals surface area contributed by atoms with Gasteiger partial charge in [-0.15, -0.1) is 0 Å². The molecule has 0 saturated heterocycles. The van der Waals surface area contributed by atoms with Crippen LogP contribution in [-0.4, -0.2) is 10.9 Å². The van der Waals surface area contributed by atoms with Gasteiger partial charge in [0.2, 0.25) is 5.91 Å². The van der Waals surface area contributed by atoms with Crippen molar-refractivity contribution in [3.05, 3.63) is 48.3 Å². The summed E-state index contributed by atoms with van der Waals surface area (Å²) in [5.74, 6) is -0.0918. The van der Waals surface area contributed by atoms with Gasteiger partial charge in [-0.1, -0.05) is 32.9 Å². The molecule has 4 heteroatoms. The maximum Gasteiger partial charge on any atom is 0.221 e. The van der Waals surface area contributed by atoms with Crippen LogP contribution in [0, 0.1) is 0 Å². The standard InChI is InChI=1S/C17H21N3O/c1-12(21)19-15-7-5-6-8-16(15)20-14-9-13(10-18-11-14)17(2,3)4/h5-11,20H,1-4H3,(H,19,21). The third kappa shape index (κ3) is 4.05. The van der Waals surface area contributed by atoms with Crippen molar-refractivity contribution in [2.45, 2.75) is 33.1 Å². The fraction of sp³-hybridized carbons (Fsp3) is 0.294. The Morgan fingerprint density at radius 2 is 1.76 bits per heavy atom. The van der Waals surface area contributed by atoms with Crippen LogP contribution in [0.1, 0.15) is 33.3 Å². The third-order valence-electron chi connectivity index (χ3n) is 3.12. The molecule has 110 valence electrons. The number of hydrogen-bond acceptors (Lipinski definition) is 3. The maximum atomic E-state index is 11.3. The lowest BCUT2D eigenvalue weighted by atomic mass is 9.88. The molecule has 0 aliphatic carbocycles. The van der Waals surface area contributed by atoms with E-state index in [1.165, 1.54) is 6.92 Å². The second-order valence-corrected chi connectivity index (χ2v) is 6.06. The van der Waals surface area contributed by atoms with E-state index in [-0.39, 0.29) is 11.3 Å². The molecule has 0 bridgehead atoms. The van der Waals surface area contributed by atoms with Gasteiger partial charge in [0.15, 0.2) is 0 Å². The van der Waals surface area contributed by atoms with E-state index in [0.717, 1.165) is 22.6 Å². The van der Waals surface area contributed by atoms with E-state index in [2.05, 4.69) is 42.5 Å². The summed E-state index contributed by atoms with van der Waals surface area (Å²) in [6.07, 6.45) is 3.66. The summed E-state index contributed by atoms with van der Waals surface area (Å²) in [5.41, 5.74) is 3.71. The van der Waals surface area contributed by atoms with Crippen molar-refractivity contribution in [1.82, 2.24) is 4.98 Å². The van der Waals surface area contributed by atoms with Crippen LogP contribution in [0.4, 0.5) is 17.1 Å². The highest BCUT2D eigenvalue weighted by Crippen LogP contribution is 2.28. The summed E-state index contributed by atoms with van der Waals surface area (Å²) in [6, 6.07) is 9.69. The predicted octanol–water partition coefficient (Wildman–Crippen LogP) is 4.08. The molecule has 4 nitrogen and oxygen atoms in total. The summed E-state index contributed by atoms with van der Waals surface area (Å²) in [6.45, 7) is 7.95. The summed E-state index contributed by atoms with van der Waals surface area (Å²) in [7, 11) is 0. The predicted molar refractivity (Wildman–Crippen MR) is 87.0 cm³/mol. The highest BCUT2D eigenvalue weighted by atomic mass is 16.1. The van der Waals surface area contributed by atoms with Crippen molar-refractivity contribution in [2.24, 2.45) is 0 Å². The number of anilines is 3. The minimum atomic E-state index is -0.0918. The van der Waals surface area contributed by atoms with Gasteiger partial charge in [0, 0.05) is 13.1 Å². The molecule has 0 unspecified atom stereocenters. The molecule has 0 atom stereocenters. The van der Waals surface area contributed by atoms with Crippen LogP contribution in [0.25, 0.3) is 0 Å². The molecule has 2 aromatic rings. The van der Waals surface area contributed by atoms with Crippen LogP contribution in [0.2, 0.25) is 0 Å². The molecule has 0 aliphatic rings. The van der Waals surface area contributed by atoms with Crippen molar-refractivity contribution in [1.29, 1.82) is 0 Å². The first-order valence-corrected chi connectivity index (χ1v) is 6.95. The first kappa shape index (κ1) is 15.0. The quantitative estimate of drug-likeness (QED) is 0.892. The summed E-state index contributed by atoms with van der Waals surface area (Å²) < 4.78 is 0. The van der Waals surface area contributed by atoms with Crippen LogP contribution < -0.4 is 10.6 Å². The van der Waals surface area contributed by atoms with Crippen LogP contribution in [0.3, 0.4) is 0 Å². The summed E-state index contributed by atoms with van der Waals surface area (Å²) in [5, 5.41) is 6.13. The number of pyridine rings is 1. The zero-order valence-corrected chi connectivity index (χ0v) is 12.9. The Bertz CT molecular complexity index is 644. The van der Waals surface area contributed by atoms with Crippen LogP contribution in [0.15, 0.2) is 42.7 Å². The van der Waals surface area contributed by atoms with Crippen LogP contribution in [0.5, 0.6) is 0 Å². The number of para-hydroxylation sites is 2. The Labute approximate surface area is 125 Å². The number of hydrogen-bond donors (Lipinski definition) is 2. The van der Waals surface area contributed by atoms with E-state index in [0.29, 0.717) is 0 Å². The Balaban J connectivity index is 2.28. The van der Waals surface area contributed by atoms with E-state index >= 15 is 0 Å². The van der Waals surface area contributed by atoms with E-state index in [4.69, 9.17) is 0 Å². The number of rotatable bonds is 3. The summed E-state index contributed by atoms with van der Waals surface area (Å²) >= 11 is 0. The van der Waals surface area contributed by atoms with Gasteiger partial charge in [-0.2, -0.15) is 0 Å². The molecule has 1 amide bonds. The molecule has 0 aliphatic heterocycles. The van der Waals surface area contributed by atoms with E-state index in [9.17, 15) is 4.79 Å².